The second-order valence-corrected chi connectivity index (χ2v) is 5.70. The molecule has 0 saturated carbocycles. The van der Waals surface area contributed by atoms with Crippen LogP contribution in [0.5, 0.6) is 0 Å². The third-order valence-corrected chi connectivity index (χ3v) is 3.95. The van der Waals surface area contributed by atoms with E-state index in [1.807, 2.05) is 4.90 Å². The smallest absolute Gasteiger partial charge is 0.222 e. The van der Waals surface area contributed by atoms with Crippen molar-refractivity contribution >= 4 is 5.91 Å². The Bertz CT molecular complexity index is 282. The fourth-order valence-corrected chi connectivity index (χ4v) is 2.87. The minimum Gasteiger partial charge on any atom is -0.392 e. The number of nitrogens with zero attached hydrogens (tertiary/aromatic N) is 2. The molecule has 2 fully saturated rings. The zero-order valence-corrected chi connectivity index (χ0v) is 11.9. The Balaban J connectivity index is 1.64. The van der Waals surface area contributed by atoms with Gasteiger partial charge in [-0.15, -0.1) is 0 Å². The normalized spacial score (nSPS) is 26.6. The Morgan fingerprint density at radius 3 is 2.68 bits per heavy atom. The van der Waals surface area contributed by atoms with E-state index >= 15 is 0 Å². The molecular formula is C14H26N2O3. The van der Waals surface area contributed by atoms with Crippen molar-refractivity contribution in [2.24, 2.45) is 0 Å². The highest BCUT2D eigenvalue weighted by atomic mass is 16.5. The molecule has 2 atom stereocenters. The molecule has 1 N–H and O–H groups in total. The van der Waals surface area contributed by atoms with Gasteiger partial charge in [0, 0.05) is 45.8 Å². The van der Waals surface area contributed by atoms with E-state index < -0.39 is 0 Å². The summed E-state index contributed by atoms with van der Waals surface area (Å²) < 4.78 is 5.54. The first-order valence-corrected chi connectivity index (χ1v) is 7.45. The summed E-state index contributed by atoms with van der Waals surface area (Å²) in [5.74, 6) is 0.257. The molecule has 0 spiro atoms. The van der Waals surface area contributed by atoms with Crippen LogP contribution < -0.4 is 0 Å². The number of β-amino-alcohol motifs (C(OH)–C–C–N with tert-alkyl or cyclic N) is 1. The second-order valence-electron chi connectivity index (χ2n) is 5.70. The predicted octanol–water partition coefficient (Wildman–Crippen LogP) is 0.471. The highest BCUT2D eigenvalue weighted by molar-refractivity contribution is 5.76. The van der Waals surface area contributed by atoms with Gasteiger partial charge in [-0.2, -0.15) is 0 Å². The second kappa shape index (κ2) is 7.22. The molecule has 19 heavy (non-hydrogen) atoms. The van der Waals surface area contributed by atoms with Crippen molar-refractivity contribution in [3.63, 3.8) is 0 Å². The first-order valence-electron chi connectivity index (χ1n) is 7.45. The molecule has 2 heterocycles. The maximum Gasteiger partial charge on any atom is 0.222 e. The van der Waals surface area contributed by atoms with Gasteiger partial charge in [-0.25, -0.2) is 0 Å². The zero-order valence-electron chi connectivity index (χ0n) is 11.9. The standard InChI is InChI=1S/C14H26N2O3/c1-12(17)11-15-6-8-16(9-7-15)14(18)5-4-13-3-2-10-19-13/h12-13,17H,2-11H2,1H3/t12-,13-/m1/s1. The highest BCUT2D eigenvalue weighted by Crippen LogP contribution is 2.17. The number of hydrogen-bond acceptors (Lipinski definition) is 4. The maximum absolute atomic E-state index is 12.1. The summed E-state index contributed by atoms with van der Waals surface area (Å²) in [6.07, 6.45) is 3.74. The predicted molar refractivity (Wildman–Crippen MR) is 72.9 cm³/mol. The van der Waals surface area contributed by atoms with Crippen LogP contribution in [-0.2, 0) is 9.53 Å². The molecule has 0 radical (unpaired) electrons. The molecule has 2 aliphatic heterocycles. The van der Waals surface area contributed by atoms with Crippen LogP contribution in [0.2, 0.25) is 0 Å². The Morgan fingerprint density at radius 1 is 1.37 bits per heavy atom. The van der Waals surface area contributed by atoms with E-state index in [9.17, 15) is 9.90 Å². The molecule has 0 aromatic carbocycles. The molecule has 0 aromatic rings. The van der Waals surface area contributed by atoms with Gasteiger partial charge in [0.15, 0.2) is 0 Å². The molecule has 5 nitrogen and oxygen atoms in total. The lowest BCUT2D eigenvalue weighted by Crippen LogP contribution is -2.50. The zero-order chi connectivity index (χ0) is 13.7. The van der Waals surface area contributed by atoms with Gasteiger partial charge in [-0.3, -0.25) is 9.69 Å². The molecule has 2 saturated heterocycles. The molecule has 1 amide bonds. The summed E-state index contributed by atoms with van der Waals surface area (Å²) in [4.78, 5) is 16.3. The number of hydrogen-bond donors (Lipinski definition) is 1. The Hall–Kier alpha value is -0.650. The molecule has 2 rings (SSSR count). The van der Waals surface area contributed by atoms with Crippen molar-refractivity contribution in [2.45, 2.75) is 44.8 Å². The molecule has 5 heteroatoms. The maximum atomic E-state index is 12.1. The minimum absolute atomic E-state index is 0.257. The number of aliphatic hydroxyl groups excluding tert-OH is 1. The quantitative estimate of drug-likeness (QED) is 0.789. The lowest BCUT2D eigenvalue weighted by atomic mass is 10.1. The largest absolute Gasteiger partial charge is 0.392 e. The van der Waals surface area contributed by atoms with E-state index in [2.05, 4.69) is 4.90 Å². The van der Waals surface area contributed by atoms with Crippen molar-refractivity contribution in [1.82, 2.24) is 9.80 Å². The molecule has 0 aliphatic carbocycles. The van der Waals surface area contributed by atoms with Crippen LogP contribution in [-0.4, -0.2) is 72.4 Å². The Labute approximate surface area is 115 Å². The number of carbonyl (C=O) groups is 1. The minimum atomic E-state index is -0.290. The number of aliphatic hydroxyl groups is 1. The monoisotopic (exact) mass is 270 g/mol. The first kappa shape index (κ1) is 14.8. The molecule has 0 unspecified atom stereocenters. The summed E-state index contributed by atoms with van der Waals surface area (Å²) in [5.41, 5.74) is 0. The summed E-state index contributed by atoms with van der Waals surface area (Å²) in [5, 5.41) is 9.35. The van der Waals surface area contributed by atoms with Gasteiger partial charge in [-0.1, -0.05) is 0 Å². The molecule has 0 bridgehead atoms. The fraction of sp³-hybridized carbons (Fsp3) is 0.929. The van der Waals surface area contributed by atoms with Gasteiger partial charge < -0.3 is 14.7 Å². The Morgan fingerprint density at radius 2 is 2.11 bits per heavy atom. The number of ether oxygens (including phenoxy) is 1. The van der Waals surface area contributed by atoms with Gasteiger partial charge in [0.1, 0.15) is 0 Å². The summed E-state index contributed by atoms with van der Waals surface area (Å²) in [6, 6.07) is 0. The molecule has 0 aromatic heterocycles. The third-order valence-electron chi connectivity index (χ3n) is 3.95. The van der Waals surface area contributed by atoms with E-state index in [4.69, 9.17) is 4.74 Å². The van der Waals surface area contributed by atoms with Crippen LogP contribution in [0.4, 0.5) is 0 Å². The van der Waals surface area contributed by atoms with E-state index in [-0.39, 0.29) is 12.0 Å². The molecule has 110 valence electrons. The van der Waals surface area contributed by atoms with Gasteiger partial charge in [0.05, 0.1) is 12.2 Å². The van der Waals surface area contributed by atoms with Gasteiger partial charge in [0.25, 0.3) is 0 Å². The van der Waals surface area contributed by atoms with E-state index in [1.165, 1.54) is 0 Å². The molecule has 2 aliphatic rings. The summed E-state index contributed by atoms with van der Waals surface area (Å²) in [6.45, 7) is 6.69. The topological polar surface area (TPSA) is 53.0 Å². The number of piperazine rings is 1. The van der Waals surface area contributed by atoms with E-state index in [1.54, 1.807) is 6.92 Å². The van der Waals surface area contributed by atoms with Crippen molar-refractivity contribution in [1.29, 1.82) is 0 Å². The van der Waals surface area contributed by atoms with Crippen LogP contribution >= 0.6 is 0 Å². The van der Waals surface area contributed by atoms with Crippen molar-refractivity contribution < 1.29 is 14.6 Å². The SMILES string of the molecule is C[C@@H](O)CN1CCN(C(=O)CC[C@H]2CCCO2)CC1. The molecular weight excluding hydrogens is 244 g/mol. The van der Waals surface area contributed by atoms with Crippen molar-refractivity contribution in [3.8, 4) is 0 Å². The summed E-state index contributed by atoms with van der Waals surface area (Å²) >= 11 is 0. The van der Waals surface area contributed by atoms with E-state index in [0.717, 1.165) is 52.0 Å². The van der Waals surface area contributed by atoms with Crippen LogP contribution in [0.25, 0.3) is 0 Å². The van der Waals surface area contributed by atoms with Crippen LogP contribution in [0.1, 0.15) is 32.6 Å². The highest BCUT2D eigenvalue weighted by Gasteiger charge is 2.23. The van der Waals surface area contributed by atoms with Gasteiger partial charge in [-0.05, 0) is 26.2 Å². The van der Waals surface area contributed by atoms with Gasteiger partial charge >= 0.3 is 0 Å². The summed E-state index contributed by atoms with van der Waals surface area (Å²) in [7, 11) is 0. The first-order chi connectivity index (χ1) is 9.15. The number of amides is 1. The van der Waals surface area contributed by atoms with Gasteiger partial charge in [0.2, 0.25) is 5.91 Å². The lowest BCUT2D eigenvalue weighted by molar-refractivity contribution is -0.133. The third kappa shape index (κ3) is 4.75. The number of rotatable bonds is 5. The Kier molecular flexibility index (Phi) is 5.60. The average molecular weight is 270 g/mol. The van der Waals surface area contributed by atoms with Crippen LogP contribution in [0, 0.1) is 0 Å². The fourth-order valence-electron chi connectivity index (χ4n) is 2.87. The van der Waals surface area contributed by atoms with Crippen molar-refractivity contribution in [3.05, 3.63) is 0 Å². The van der Waals surface area contributed by atoms with Crippen LogP contribution in [0.3, 0.4) is 0 Å². The number of carbonyl (C=O) groups excluding carboxylic acids is 1. The van der Waals surface area contributed by atoms with Crippen molar-refractivity contribution in [2.75, 3.05) is 39.3 Å². The van der Waals surface area contributed by atoms with E-state index in [0.29, 0.717) is 19.1 Å². The van der Waals surface area contributed by atoms with Crippen LogP contribution in [0.15, 0.2) is 0 Å². The average Bonchev–Trinajstić information content (AvgIpc) is 2.89. The lowest BCUT2D eigenvalue weighted by Gasteiger charge is -2.35.